The Kier molecular flexibility index (Phi) is 6.29. The molecule has 0 unspecified atom stereocenters. The molecule has 1 N–H and O–H groups in total. The number of aromatic nitrogens is 1. The number of methoxy groups -OCH3 is 1. The average molecular weight is 549 g/mol. The molecule has 0 radical (unpaired) electrons. The van der Waals surface area contributed by atoms with E-state index in [-0.39, 0.29) is 10.8 Å². The normalized spacial score (nSPS) is 20.3. The van der Waals surface area contributed by atoms with Crippen molar-refractivity contribution < 1.29 is 23.5 Å². The molecule has 3 atom stereocenters. The lowest BCUT2D eigenvalue weighted by molar-refractivity contribution is -0.122. The predicted octanol–water partition coefficient (Wildman–Crippen LogP) is 4.96. The van der Waals surface area contributed by atoms with E-state index in [0.717, 1.165) is 27.4 Å². The summed E-state index contributed by atoms with van der Waals surface area (Å²) >= 11 is 2.23. The van der Waals surface area contributed by atoms with Crippen LogP contribution < -0.4 is 19.2 Å². The van der Waals surface area contributed by atoms with Crippen molar-refractivity contribution in [2.75, 3.05) is 12.0 Å². The Labute approximate surface area is 225 Å². The van der Waals surface area contributed by atoms with Gasteiger partial charge in [0.05, 0.1) is 23.7 Å². The van der Waals surface area contributed by atoms with Crippen molar-refractivity contribution in [1.82, 2.24) is 4.98 Å². The summed E-state index contributed by atoms with van der Waals surface area (Å²) in [6.07, 6.45) is 0. The Hall–Kier alpha value is -3.89. The summed E-state index contributed by atoms with van der Waals surface area (Å²) < 4.78 is 25.2. The van der Waals surface area contributed by atoms with Gasteiger partial charge in [0.1, 0.15) is 17.7 Å². The van der Waals surface area contributed by atoms with Gasteiger partial charge in [0, 0.05) is 10.8 Å². The summed E-state index contributed by atoms with van der Waals surface area (Å²) in [5, 5.41) is -0.160. The highest BCUT2D eigenvalue weighted by Crippen LogP contribution is 2.53. The monoisotopic (exact) mass is 548 g/mol. The number of thioether (sulfide) groups is 1. The number of amides is 2. The van der Waals surface area contributed by atoms with Gasteiger partial charge in [0.25, 0.3) is 0 Å². The number of ether oxygens (including phenoxy) is 2. The molecule has 0 saturated carbocycles. The van der Waals surface area contributed by atoms with E-state index in [4.69, 9.17) is 9.47 Å². The molecule has 6 rings (SSSR count). The first kappa shape index (κ1) is 24.4. The largest absolute Gasteiger partial charge is 0.493 e. The number of hydrogen-bond donors (Lipinski definition) is 1. The maximum Gasteiger partial charge on any atom is 0.305 e. The molecule has 1 fully saturated rings. The van der Waals surface area contributed by atoms with Gasteiger partial charge in [0.2, 0.25) is 11.8 Å². The number of nitrogens with one attached hydrogen (secondary N) is 1. The number of hydrogen-bond acceptors (Lipinski definition) is 7. The standard InChI is InChI=1S/C28H21FN2O5S2/c1-35-20-13-16(7-12-19(20)36-14-15-5-3-2-4-6-15)21-22-24(37-25-23(21)38-28(34)30-25)27(33)31(26(22)32)18-10-8-17(29)9-11-18/h2-13,21-22,24H,14H2,1H3,(H,30,34)/t21-,22-,24+/m0/s1. The number of fused-ring (bicyclic) bond motifs is 2. The van der Waals surface area contributed by atoms with Gasteiger partial charge in [-0.05, 0) is 47.5 Å². The molecule has 1 aromatic heterocycles. The van der Waals surface area contributed by atoms with Crippen LogP contribution in [-0.2, 0) is 16.2 Å². The van der Waals surface area contributed by atoms with Crippen molar-refractivity contribution in [2.45, 2.75) is 22.8 Å². The smallest absolute Gasteiger partial charge is 0.305 e. The zero-order valence-corrected chi connectivity index (χ0v) is 21.7. The molecule has 192 valence electrons. The van der Waals surface area contributed by atoms with Crippen LogP contribution >= 0.6 is 23.1 Å². The van der Waals surface area contributed by atoms with Crippen LogP contribution in [0.1, 0.15) is 21.9 Å². The number of imide groups is 1. The Morgan fingerprint density at radius 1 is 0.947 bits per heavy atom. The highest BCUT2D eigenvalue weighted by Gasteiger charge is 2.56. The van der Waals surface area contributed by atoms with Gasteiger partial charge in [-0.15, -0.1) is 0 Å². The van der Waals surface area contributed by atoms with Gasteiger partial charge < -0.3 is 14.5 Å². The highest BCUT2D eigenvalue weighted by molar-refractivity contribution is 8.00. The third-order valence-electron chi connectivity index (χ3n) is 6.69. The molecule has 1 saturated heterocycles. The summed E-state index contributed by atoms with van der Waals surface area (Å²) in [5.41, 5.74) is 2.04. The summed E-state index contributed by atoms with van der Waals surface area (Å²) in [6, 6.07) is 20.4. The first-order chi connectivity index (χ1) is 18.4. The second kappa shape index (κ2) is 9.77. The van der Waals surface area contributed by atoms with Crippen LogP contribution in [0.4, 0.5) is 10.1 Å². The topological polar surface area (TPSA) is 88.7 Å². The van der Waals surface area contributed by atoms with Crippen molar-refractivity contribution in [3.63, 3.8) is 0 Å². The second-order valence-corrected chi connectivity index (χ2v) is 11.1. The van der Waals surface area contributed by atoms with Crippen molar-refractivity contribution >= 4 is 40.6 Å². The molecule has 4 aromatic rings. The number of carbonyl (C=O) groups excluding carboxylic acids is 2. The molecule has 3 aromatic carbocycles. The Morgan fingerprint density at radius 3 is 2.45 bits per heavy atom. The number of carbonyl (C=O) groups is 2. The highest BCUT2D eigenvalue weighted by atomic mass is 32.2. The number of thiazole rings is 1. The van der Waals surface area contributed by atoms with Crippen LogP contribution in [0.25, 0.3) is 0 Å². The van der Waals surface area contributed by atoms with E-state index in [1.165, 1.54) is 43.1 Å². The van der Waals surface area contributed by atoms with Gasteiger partial charge in [0.15, 0.2) is 11.5 Å². The number of nitrogens with zero attached hydrogens (tertiary/aromatic N) is 1. The second-order valence-electron chi connectivity index (χ2n) is 8.92. The molecule has 2 aliphatic heterocycles. The number of H-pyrrole nitrogens is 1. The third-order valence-corrected chi connectivity index (χ3v) is 9.09. The summed E-state index contributed by atoms with van der Waals surface area (Å²) in [4.78, 5) is 44.0. The number of halogens is 1. The third kappa shape index (κ3) is 4.19. The summed E-state index contributed by atoms with van der Waals surface area (Å²) in [6.45, 7) is 0.352. The molecular weight excluding hydrogens is 527 g/mol. The SMILES string of the molecule is COc1cc([C@@H]2c3sc(=O)[nH]c3S[C@H]3C(=O)N(c4ccc(F)cc4)C(=O)[C@@H]23)ccc1OCc1ccccc1. The fraction of sp³-hybridized carbons (Fsp3) is 0.179. The quantitative estimate of drug-likeness (QED) is 0.343. The van der Waals surface area contributed by atoms with E-state index in [9.17, 15) is 18.8 Å². The van der Waals surface area contributed by atoms with Gasteiger partial charge in [-0.1, -0.05) is 59.5 Å². The van der Waals surface area contributed by atoms with Crippen LogP contribution in [0.3, 0.4) is 0 Å². The van der Waals surface area contributed by atoms with E-state index >= 15 is 0 Å². The number of anilines is 1. The molecule has 2 aliphatic rings. The first-order valence-corrected chi connectivity index (χ1v) is 13.5. The molecule has 7 nitrogen and oxygen atoms in total. The molecule has 0 spiro atoms. The minimum absolute atomic E-state index is 0.252. The van der Waals surface area contributed by atoms with Crippen molar-refractivity contribution in [3.8, 4) is 11.5 Å². The fourth-order valence-corrected chi connectivity index (χ4v) is 7.47. The van der Waals surface area contributed by atoms with Crippen molar-refractivity contribution in [2.24, 2.45) is 5.92 Å². The van der Waals surface area contributed by atoms with Crippen LogP contribution in [0.15, 0.2) is 82.6 Å². The van der Waals surface area contributed by atoms with Crippen LogP contribution in [0.2, 0.25) is 0 Å². The predicted molar refractivity (Wildman–Crippen MR) is 143 cm³/mol. The summed E-state index contributed by atoms with van der Waals surface area (Å²) in [5.74, 6) is -1.54. The lowest BCUT2D eigenvalue weighted by Gasteiger charge is -2.30. The fourth-order valence-electron chi connectivity index (χ4n) is 4.95. The number of rotatable bonds is 6. The molecule has 0 bridgehead atoms. The zero-order valence-electron chi connectivity index (χ0n) is 20.1. The minimum Gasteiger partial charge on any atom is -0.493 e. The Bertz CT molecular complexity index is 1590. The zero-order chi connectivity index (χ0) is 26.4. The Morgan fingerprint density at radius 2 is 1.71 bits per heavy atom. The Balaban J connectivity index is 1.38. The van der Waals surface area contributed by atoms with Crippen LogP contribution in [0, 0.1) is 11.7 Å². The maximum atomic E-state index is 13.8. The summed E-state index contributed by atoms with van der Waals surface area (Å²) in [7, 11) is 1.54. The molecule has 2 amide bonds. The minimum atomic E-state index is -0.753. The van der Waals surface area contributed by atoms with Gasteiger partial charge in [-0.2, -0.15) is 0 Å². The molecule has 10 heteroatoms. The van der Waals surface area contributed by atoms with Gasteiger partial charge >= 0.3 is 4.87 Å². The molecular formula is C28H21FN2O5S2. The number of benzene rings is 3. The van der Waals surface area contributed by atoms with Crippen molar-refractivity contribution in [1.29, 1.82) is 0 Å². The van der Waals surface area contributed by atoms with Crippen LogP contribution in [0.5, 0.6) is 11.5 Å². The van der Waals surface area contributed by atoms with Gasteiger partial charge in [-0.3, -0.25) is 14.4 Å². The molecule has 3 heterocycles. The van der Waals surface area contributed by atoms with E-state index in [2.05, 4.69) is 4.98 Å². The maximum absolute atomic E-state index is 13.8. The lowest BCUT2D eigenvalue weighted by atomic mass is 9.83. The van der Waals surface area contributed by atoms with E-state index < -0.39 is 28.8 Å². The first-order valence-electron chi connectivity index (χ1n) is 11.8. The van der Waals surface area contributed by atoms with E-state index in [1.54, 1.807) is 12.1 Å². The lowest BCUT2D eigenvalue weighted by Crippen LogP contribution is -2.32. The number of aromatic amines is 1. The van der Waals surface area contributed by atoms with E-state index in [1.807, 2.05) is 36.4 Å². The average Bonchev–Trinajstić information content (AvgIpc) is 3.42. The van der Waals surface area contributed by atoms with Crippen molar-refractivity contribution in [3.05, 3.63) is 104 Å². The van der Waals surface area contributed by atoms with E-state index in [0.29, 0.717) is 33.7 Å². The van der Waals surface area contributed by atoms with Crippen LogP contribution in [-0.4, -0.2) is 29.2 Å². The molecule has 0 aliphatic carbocycles. The molecule has 38 heavy (non-hydrogen) atoms. The van der Waals surface area contributed by atoms with Gasteiger partial charge in [-0.25, -0.2) is 9.29 Å².